The Balaban J connectivity index is 1.92. The van der Waals surface area contributed by atoms with Crippen LogP contribution in [-0.2, 0) is 16.4 Å². The predicted octanol–water partition coefficient (Wildman–Crippen LogP) is 2.06. The number of nitrogens with zero attached hydrogens (tertiary/aromatic N) is 1. The number of anilines is 1. The van der Waals surface area contributed by atoms with E-state index in [1.54, 1.807) is 0 Å². The monoisotopic (exact) mass is 310 g/mol. The van der Waals surface area contributed by atoms with E-state index >= 15 is 0 Å². The summed E-state index contributed by atoms with van der Waals surface area (Å²) in [4.78, 5) is 2.09. The molecule has 0 aromatic heterocycles. The van der Waals surface area contributed by atoms with Crippen LogP contribution in [0.3, 0.4) is 0 Å². The van der Waals surface area contributed by atoms with Crippen LogP contribution in [0.25, 0.3) is 0 Å². The van der Waals surface area contributed by atoms with E-state index < -0.39 is 9.84 Å². The molecule has 0 spiro atoms. The van der Waals surface area contributed by atoms with Crippen LogP contribution < -0.4 is 10.2 Å². The average molecular weight is 310 g/mol. The zero-order valence-corrected chi connectivity index (χ0v) is 14.0. The molecule has 0 bridgehead atoms. The van der Waals surface area contributed by atoms with Gasteiger partial charge in [0.2, 0.25) is 0 Å². The summed E-state index contributed by atoms with van der Waals surface area (Å²) in [5, 5.41) is 3.42. The second kappa shape index (κ2) is 6.79. The summed E-state index contributed by atoms with van der Waals surface area (Å²) in [6, 6.07) is 8.50. The molecule has 5 heteroatoms. The molecule has 1 saturated heterocycles. The molecule has 0 amide bonds. The fourth-order valence-corrected chi connectivity index (χ4v) is 4.42. The first-order valence-electron chi connectivity index (χ1n) is 7.60. The van der Waals surface area contributed by atoms with Gasteiger partial charge in [0, 0.05) is 25.3 Å². The zero-order valence-electron chi connectivity index (χ0n) is 13.2. The Morgan fingerprint density at radius 2 is 1.95 bits per heavy atom. The van der Waals surface area contributed by atoms with Gasteiger partial charge in [0.1, 0.15) is 0 Å². The van der Waals surface area contributed by atoms with E-state index in [2.05, 4.69) is 48.3 Å². The molecule has 1 aliphatic rings. The number of benzene rings is 1. The van der Waals surface area contributed by atoms with Crippen LogP contribution in [0.4, 0.5) is 5.69 Å². The van der Waals surface area contributed by atoms with Crippen molar-refractivity contribution >= 4 is 15.5 Å². The Labute approximate surface area is 128 Å². The lowest BCUT2D eigenvalue weighted by Crippen LogP contribution is -2.32. The normalized spacial score (nSPS) is 20.9. The second-order valence-electron chi connectivity index (χ2n) is 6.36. The zero-order chi connectivity index (χ0) is 15.5. The van der Waals surface area contributed by atoms with E-state index in [1.807, 2.05) is 7.05 Å². The van der Waals surface area contributed by atoms with Crippen molar-refractivity contribution in [3.8, 4) is 0 Å². The van der Waals surface area contributed by atoms with Crippen molar-refractivity contribution in [3.63, 3.8) is 0 Å². The van der Waals surface area contributed by atoms with E-state index in [4.69, 9.17) is 0 Å². The molecular weight excluding hydrogens is 284 g/mol. The summed E-state index contributed by atoms with van der Waals surface area (Å²) in [5.41, 5.74) is 2.34. The lowest BCUT2D eigenvalue weighted by Gasteiger charge is -2.25. The van der Waals surface area contributed by atoms with Crippen molar-refractivity contribution in [2.75, 3.05) is 30.0 Å². The lowest BCUT2D eigenvalue weighted by molar-refractivity contribution is 0.552. The van der Waals surface area contributed by atoms with Gasteiger partial charge in [-0.3, -0.25) is 0 Å². The van der Waals surface area contributed by atoms with Gasteiger partial charge in [0.15, 0.2) is 9.84 Å². The second-order valence-corrected chi connectivity index (χ2v) is 8.59. The summed E-state index contributed by atoms with van der Waals surface area (Å²) in [6.07, 6.45) is 0.733. The fourth-order valence-electron chi connectivity index (χ4n) is 2.65. The Morgan fingerprint density at radius 1 is 1.29 bits per heavy atom. The molecule has 1 atom stereocenters. The van der Waals surface area contributed by atoms with Crippen LogP contribution in [0.1, 0.15) is 25.8 Å². The number of hydrogen-bond acceptors (Lipinski definition) is 4. The van der Waals surface area contributed by atoms with Gasteiger partial charge in [0.05, 0.1) is 11.5 Å². The Morgan fingerprint density at radius 3 is 2.48 bits per heavy atom. The number of sulfone groups is 1. The predicted molar refractivity (Wildman–Crippen MR) is 88.4 cm³/mol. The molecule has 0 radical (unpaired) electrons. The first-order valence-corrected chi connectivity index (χ1v) is 9.42. The topological polar surface area (TPSA) is 49.4 Å². The molecule has 0 aliphatic carbocycles. The minimum absolute atomic E-state index is 0.111. The van der Waals surface area contributed by atoms with Gasteiger partial charge in [-0.05, 0) is 36.6 Å². The summed E-state index contributed by atoms with van der Waals surface area (Å²) in [5.74, 6) is 1.25. The van der Waals surface area contributed by atoms with Crippen molar-refractivity contribution in [2.24, 2.45) is 5.92 Å². The van der Waals surface area contributed by atoms with Crippen LogP contribution in [0, 0.1) is 5.92 Å². The summed E-state index contributed by atoms with van der Waals surface area (Å²) in [6.45, 7) is 6.28. The SMILES string of the molecule is CC(C)CNCc1ccc(N(C)C2CCS(=O)(=O)C2)cc1. The molecule has 1 fully saturated rings. The number of hydrogen-bond donors (Lipinski definition) is 1. The molecule has 1 unspecified atom stereocenters. The number of rotatable bonds is 6. The van der Waals surface area contributed by atoms with E-state index in [9.17, 15) is 8.42 Å². The third-order valence-electron chi connectivity index (χ3n) is 3.98. The van der Waals surface area contributed by atoms with Crippen molar-refractivity contribution < 1.29 is 8.42 Å². The smallest absolute Gasteiger partial charge is 0.152 e. The molecule has 1 heterocycles. The molecule has 1 aromatic rings. The van der Waals surface area contributed by atoms with Crippen molar-refractivity contribution in [2.45, 2.75) is 32.9 Å². The van der Waals surface area contributed by atoms with Gasteiger partial charge in [-0.1, -0.05) is 26.0 Å². The van der Waals surface area contributed by atoms with Gasteiger partial charge in [-0.25, -0.2) is 8.42 Å². The molecule has 118 valence electrons. The molecule has 0 saturated carbocycles. The van der Waals surface area contributed by atoms with Crippen LogP contribution in [-0.4, -0.2) is 39.6 Å². The summed E-state index contributed by atoms with van der Waals surface area (Å²) < 4.78 is 23.1. The van der Waals surface area contributed by atoms with Gasteiger partial charge in [-0.15, -0.1) is 0 Å². The van der Waals surface area contributed by atoms with Gasteiger partial charge in [0.25, 0.3) is 0 Å². The van der Waals surface area contributed by atoms with E-state index in [0.717, 1.165) is 25.2 Å². The Bertz CT molecular complexity index is 552. The van der Waals surface area contributed by atoms with E-state index in [0.29, 0.717) is 11.7 Å². The Kier molecular flexibility index (Phi) is 5.27. The minimum Gasteiger partial charge on any atom is -0.371 e. The van der Waals surface area contributed by atoms with Crippen LogP contribution in [0.2, 0.25) is 0 Å². The maximum atomic E-state index is 11.6. The molecule has 4 nitrogen and oxygen atoms in total. The van der Waals surface area contributed by atoms with Gasteiger partial charge < -0.3 is 10.2 Å². The van der Waals surface area contributed by atoms with Gasteiger partial charge >= 0.3 is 0 Å². The van der Waals surface area contributed by atoms with Gasteiger partial charge in [-0.2, -0.15) is 0 Å². The maximum absolute atomic E-state index is 11.6. The highest BCUT2D eigenvalue weighted by Crippen LogP contribution is 2.23. The summed E-state index contributed by atoms with van der Waals surface area (Å²) >= 11 is 0. The van der Waals surface area contributed by atoms with Crippen molar-refractivity contribution in [3.05, 3.63) is 29.8 Å². The highest BCUT2D eigenvalue weighted by atomic mass is 32.2. The molecule has 1 aromatic carbocycles. The maximum Gasteiger partial charge on any atom is 0.152 e. The molecular formula is C16H26N2O2S. The fraction of sp³-hybridized carbons (Fsp3) is 0.625. The third-order valence-corrected chi connectivity index (χ3v) is 5.73. The molecule has 21 heavy (non-hydrogen) atoms. The first kappa shape index (κ1) is 16.3. The highest BCUT2D eigenvalue weighted by molar-refractivity contribution is 7.91. The van der Waals surface area contributed by atoms with Crippen LogP contribution in [0.15, 0.2) is 24.3 Å². The molecule has 1 aliphatic heterocycles. The average Bonchev–Trinajstić information content (AvgIpc) is 2.79. The Hall–Kier alpha value is -1.07. The van der Waals surface area contributed by atoms with Crippen LogP contribution in [0.5, 0.6) is 0 Å². The van der Waals surface area contributed by atoms with Crippen molar-refractivity contribution in [1.82, 2.24) is 5.32 Å². The largest absolute Gasteiger partial charge is 0.371 e. The van der Waals surface area contributed by atoms with E-state index in [1.165, 1.54) is 5.56 Å². The quantitative estimate of drug-likeness (QED) is 0.874. The lowest BCUT2D eigenvalue weighted by atomic mass is 10.1. The molecule has 1 N–H and O–H groups in total. The molecule has 2 rings (SSSR count). The first-order chi connectivity index (χ1) is 9.87. The third kappa shape index (κ3) is 4.71. The number of nitrogens with one attached hydrogen (secondary N) is 1. The van der Waals surface area contributed by atoms with Crippen LogP contribution >= 0.6 is 0 Å². The highest BCUT2D eigenvalue weighted by Gasteiger charge is 2.30. The minimum atomic E-state index is -2.83. The van der Waals surface area contributed by atoms with E-state index in [-0.39, 0.29) is 11.8 Å². The van der Waals surface area contributed by atoms with Crippen molar-refractivity contribution in [1.29, 1.82) is 0 Å². The summed E-state index contributed by atoms with van der Waals surface area (Å²) in [7, 11) is -0.845. The standard InChI is InChI=1S/C16H26N2O2S/c1-13(2)10-17-11-14-4-6-15(7-5-14)18(3)16-8-9-21(19,20)12-16/h4-7,13,16-17H,8-12H2,1-3H3.